The summed E-state index contributed by atoms with van der Waals surface area (Å²) >= 11 is 2.50. The van der Waals surface area contributed by atoms with Crippen LogP contribution >= 0.6 is 30.3 Å². The number of piperidine rings is 1. The Kier molecular flexibility index (Phi) is 22.7. The van der Waals surface area contributed by atoms with Crippen LogP contribution in [0.5, 0.6) is 0 Å². The Labute approximate surface area is 532 Å². The van der Waals surface area contributed by atoms with Gasteiger partial charge in [0.05, 0.1) is 39.2 Å². The van der Waals surface area contributed by atoms with Gasteiger partial charge in [-0.05, 0) is 90.6 Å². The second-order valence-electron chi connectivity index (χ2n) is 26.2. The number of β-amino-alcohol motifs (C(OH)–C–C–N with tert-alkyl or cyclic N) is 1. The second-order valence-corrected chi connectivity index (χ2v) is 29.8. The van der Waals surface area contributed by atoms with Gasteiger partial charge in [-0.1, -0.05) is 121 Å². The molecule has 0 aliphatic carbocycles. The summed E-state index contributed by atoms with van der Waals surface area (Å²) in [5.74, 6) is -2.98. The van der Waals surface area contributed by atoms with E-state index in [-0.39, 0.29) is 78.9 Å². The smallest absolute Gasteiger partial charge is 0.391 e. The molecule has 90 heavy (non-hydrogen) atoms. The van der Waals surface area contributed by atoms with Gasteiger partial charge in [-0.15, -0.1) is 22.7 Å². The number of nitrogens with zero attached hydrogens (tertiary/aromatic N) is 4. The third kappa shape index (κ3) is 17.1. The topological polar surface area (TPSA) is 277 Å². The summed E-state index contributed by atoms with van der Waals surface area (Å²) in [6.07, 6.45) is 3.74. The zero-order valence-electron chi connectivity index (χ0n) is 52.3. The van der Waals surface area contributed by atoms with Crippen LogP contribution in [0.25, 0.3) is 20.5 Å². The standard InChI is InChI=1S/C65H85F2N8O12PS2/c1-39(41-22-24-43(25-23-41)55-40(2)69-38-89-55)70-58(79)49-32-47(76)35-74(49)61(82)56(63(3,4)5)71-53(77)21-15-10-9-11-16-28-68-54(78)37-87-48-33-50(60(81)73-29-17-20-44(34-73)42-18-13-12-14-19-42)75(36-48)62(83)57(64(6,7)8)72-59(80)52-31-45-30-46(26-27-51(45)90-52)65(66,67)88(84,85)86/h12-14,18-19,22-27,30-31,38-39,44,47-50,56-57,76H,9-11,15-17,20-21,28-29,32-37H2,1-8H3,(H,68,78)(H,70,79)(H,71,77)(H,72,80)(H2,84,85,86)/t39-,44?,47+,48-,49-,50-,56?,57?/m0/s1. The summed E-state index contributed by atoms with van der Waals surface area (Å²) in [6, 6.07) is 17.7. The first kappa shape index (κ1) is 69.4. The molecule has 7 N–H and O–H groups in total. The molecule has 0 saturated carbocycles. The van der Waals surface area contributed by atoms with Gasteiger partial charge < -0.3 is 55.6 Å². The van der Waals surface area contributed by atoms with Crippen molar-refractivity contribution in [3.8, 4) is 10.4 Å². The summed E-state index contributed by atoms with van der Waals surface area (Å²) in [4.78, 5) is 127. The number of hydrogen-bond donors (Lipinski definition) is 7. The molecule has 8 atom stereocenters. The van der Waals surface area contributed by atoms with Gasteiger partial charge in [0.2, 0.25) is 35.4 Å². The number of likely N-dealkylation sites (tertiary alicyclic amines) is 3. The number of thiophene rings is 1. The summed E-state index contributed by atoms with van der Waals surface area (Å²) < 4.78 is 47.4. The van der Waals surface area contributed by atoms with Crippen molar-refractivity contribution in [1.82, 2.24) is 41.0 Å². The van der Waals surface area contributed by atoms with Gasteiger partial charge in [0.25, 0.3) is 5.91 Å². The minimum absolute atomic E-state index is 0.0399. The Balaban J connectivity index is 0.803. The summed E-state index contributed by atoms with van der Waals surface area (Å²) in [7, 11) is -5.86. The highest BCUT2D eigenvalue weighted by Gasteiger charge is 2.51. The molecule has 3 saturated heterocycles. The van der Waals surface area contributed by atoms with Crippen molar-refractivity contribution < 1.29 is 66.5 Å². The van der Waals surface area contributed by atoms with E-state index < -0.39 is 89.7 Å². The highest BCUT2D eigenvalue weighted by Crippen LogP contribution is 2.59. The molecule has 488 valence electrons. The van der Waals surface area contributed by atoms with Crippen LogP contribution in [0.1, 0.15) is 157 Å². The number of unbranched alkanes of at least 4 members (excludes halogenated alkanes) is 4. The molecular formula is C65H85F2N8O12PS2. The lowest BCUT2D eigenvalue weighted by molar-refractivity contribution is -0.147. The molecule has 7 amide bonds. The summed E-state index contributed by atoms with van der Waals surface area (Å²) in [6.45, 7) is 15.4. The van der Waals surface area contributed by atoms with Crippen LogP contribution in [0.2, 0.25) is 0 Å². The Bertz CT molecular complexity index is 3420. The number of aliphatic hydroxyl groups is 1. The first-order chi connectivity index (χ1) is 42.4. The van der Waals surface area contributed by atoms with E-state index in [2.05, 4.69) is 26.3 Å². The number of ether oxygens (including phenoxy) is 1. The molecule has 0 spiro atoms. The van der Waals surface area contributed by atoms with Gasteiger partial charge in [0.15, 0.2) is 0 Å². The van der Waals surface area contributed by atoms with E-state index in [0.717, 1.165) is 76.4 Å². The predicted molar refractivity (Wildman–Crippen MR) is 340 cm³/mol. The fourth-order valence-corrected chi connectivity index (χ4v) is 14.2. The number of aromatic nitrogens is 1. The molecule has 3 aliphatic rings. The van der Waals surface area contributed by atoms with Crippen LogP contribution in [0.15, 0.2) is 84.4 Å². The third-order valence-corrected chi connectivity index (χ3v) is 20.2. The Morgan fingerprint density at radius 2 is 1.43 bits per heavy atom. The fourth-order valence-electron chi connectivity index (χ4n) is 12.0. The molecule has 25 heteroatoms. The number of fused-ring (bicyclic) bond motifs is 1. The molecule has 3 aliphatic heterocycles. The average molecular weight is 1300 g/mol. The van der Waals surface area contributed by atoms with E-state index in [1.807, 2.05) is 89.2 Å². The Morgan fingerprint density at radius 3 is 2.09 bits per heavy atom. The average Bonchev–Trinajstić information content (AvgIpc) is 1.90. The highest BCUT2D eigenvalue weighted by molar-refractivity contribution is 7.52. The van der Waals surface area contributed by atoms with E-state index in [1.165, 1.54) is 21.9 Å². The minimum atomic E-state index is -5.86. The lowest BCUT2D eigenvalue weighted by atomic mass is 9.85. The van der Waals surface area contributed by atoms with Crippen molar-refractivity contribution in [2.75, 3.05) is 39.3 Å². The van der Waals surface area contributed by atoms with Crippen LogP contribution in [0.3, 0.4) is 0 Å². The minimum Gasteiger partial charge on any atom is -0.391 e. The summed E-state index contributed by atoms with van der Waals surface area (Å²) in [5, 5.41) is 22.5. The molecule has 8 rings (SSSR count). The molecule has 5 aromatic rings. The van der Waals surface area contributed by atoms with E-state index in [4.69, 9.17) is 4.74 Å². The maximum Gasteiger partial charge on any atom is 0.399 e. The van der Waals surface area contributed by atoms with Crippen molar-refractivity contribution in [3.63, 3.8) is 0 Å². The zero-order chi connectivity index (χ0) is 65.5. The number of halogens is 2. The molecule has 3 unspecified atom stereocenters. The maximum atomic E-state index is 14.9. The first-order valence-electron chi connectivity index (χ1n) is 30.8. The zero-order valence-corrected chi connectivity index (χ0v) is 54.9. The molecule has 3 fully saturated rings. The summed E-state index contributed by atoms with van der Waals surface area (Å²) in [5.41, 5.74) is -1.27. The third-order valence-electron chi connectivity index (χ3n) is 17.1. The molecule has 0 bridgehead atoms. The van der Waals surface area contributed by atoms with E-state index in [1.54, 1.807) is 42.5 Å². The number of benzene rings is 3. The van der Waals surface area contributed by atoms with E-state index in [9.17, 15) is 61.8 Å². The number of rotatable bonds is 24. The number of nitrogens with one attached hydrogen (secondary N) is 4. The van der Waals surface area contributed by atoms with Crippen molar-refractivity contribution in [2.45, 2.75) is 174 Å². The van der Waals surface area contributed by atoms with Crippen LogP contribution < -0.4 is 21.3 Å². The normalized spacial score (nSPS) is 20.1. The molecule has 2 aromatic heterocycles. The molecule has 3 aromatic carbocycles. The van der Waals surface area contributed by atoms with Gasteiger partial charge in [0.1, 0.15) is 30.8 Å². The Hall–Kier alpha value is -6.53. The number of alkyl halides is 2. The maximum absolute atomic E-state index is 14.9. The number of aliphatic hydroxyl groups excluding tert-OH is 1. The van der Waals surface area contributed by atoms with Gasteiger partial charge in [-0.3, -0.25) is 38.1 Å². The highest BCUT2D eigenvalue weighted by atomic mass is 32.1. The number of carbonyl (C=O) groups excluding carboxylic acids is 7. The van der Waals surface area contributed by atoms with Crippen molar-refractivity contribution in [2.24, 2.45) is 10.8 Å². The number of carbonyl (C=O) groups is 7. The van der Waals surface area contributed by atoms with Crippen LogP contribution in [0.4, 0.5) is 8.78 Å². The molecule has 20 nitrogen and oxygen atoms in total. The molecule has 0 radical (unpaired) electrons. The molecular weight excluding hydrogens is 1220 g/mol. The van der Waals surface area contributed by atoms with Gasteiger partial charge >= 0.3 is 13.3 Å². The van der Waals surface area contributed by atoms with Crippen molar-refractivity contribution in [3.05, 3.63) is 112 Å². The monoisotopic (exact) mass is 1300 g/mol. The van der Waals surface area contributed by atoms with Gasteiger partial charge in [-0.2, -0.15) is 8.78 Å². The van der Waals surface area contributed by atoms with Crippen molar-refractivity contribution in [1.29, 1.82) is 0 Å². The fraction of sp³-hybridized carbons (Fsp3) is 0.538. The van der Waals surface area contributed by atoms with Gasteiger partial charge in [-0.25, -0.2) is 4.98 Å². The molecule has 5 heterocycles. The number of hydrogen-bond acceptors (Lipinski definition) is 13. The number of thiazole rings is 1. The van der Waals surface area contributed by atoms with Crippen LogP contribution in [0, 0.1) is 17.8 Å². The van der Waals surface area contributed by atoms with Gasteiger partial charge in [0, 0.05) is 68.2 Å². The van der Waals surface area contributed by atoms with E-state index in [0.29, 0.717) is 43.6 Å². The predicted octanol–water partition coefficient (Wildman–Crippen LogP) is 8.92. The number of aryl methyl sites for hydroxylation is 1. The SMILES string of the molecule is Cc1ncsc1-c1ccc([C@H](C)NC(=O)[C@@H]2C[C@@H](O)CN2C(=O)C(NC(=O)CCCCCCCNC(=O)CO[C@H]2C[C@@H](C(=O)N3CCCC(c4ccccc4)C3)N(C(=O)C(NC(=O)c3cc4cc(C(F)(F)P(=O)(O)O)ccc4s3)C(C)(C)C)C2)C(C)(C)C)cc1. The van der Waals surface area contributed by atoms with Crippen molar-refractivity contribution >= 4 is 81.7 Å². The largest absolute Gasteiger partial charge is 0.399 e. The van der Waals surface area contributed by atoms with Crippen LogP contribution in [-0.2, 0) is 43.7 Å². The Morgan fingerprint density at radius 1 is 0.778 bits per heavy atom. The quantitative estimate of drug-likeness (QED) is 0.0225. The lowest BCUT2D eigenvalue weighted by Gasteiger charge is -2.38. The number of amides is 7. The lowest BCUT2D eigenvalue weighted by Crippen LogP contribution is -2.58. The van der Waals surface area contributed by atoms with Crippen LogP contribution in [-0.4, -0.2) is 152 Å². The first-order valence-corrected chi connectivity index (χ1v) is 34.1. The van der Waals surface area contributed by atoms with E-state index >= 15 is 0 Å². The second kappa shape index (κ2) is 29.4.